The van der Waals surface area contributed by atoms with Crippen molar-refractivity contribution < 1.29 is 0 Å². The van der Waals surface area contributed by atoms with Crippen LogP contribution in [-0.4, -0.2) is 22.1 Å². The molecule has 3 heterocycles. The van der Waals surface area contributed by atoms with Crippen molar-refractivity contribution in [2.75, 3.05) is 4.90 Å². The van der Waals surface area contributed by atoms with Crippen LogP contribution in [0.1, 0.15) is 32.1 Å². The minimum atomic E-state index is 0.711. The zero-order valence-electron chi connectivity index (χ0n) is 19.3. The van der Waals surface area contributed by atoms with Crippen molar-refractivity contribution in [1.82, 2.24) is 9.97 Å². The van der Waals surface area contributed by atoms with Crippen LogP contribution < -0.4 is 4.90 Å². The Bertz CT molecular complexity index is 1230. The Morgan fingerprint density at radius 1 is 0.529 bits per heavy atom. The van der Waals surface area contributed by atoms with E-state index in [1.807, 2.05) is 12.1 Å². The molecule has 3 aromatic carbocycles. The van der Waals surface area contributed by atoms with Crippen molar-refractivity contribution in [2.24, 2.45) is 11.8 Å². The summed E-state index contributed by atoms with van der Waals surface area (Å²) in [6.45, 7) is 0. The number of hydrogen-bond acceptors (Lipinski definition) is 3. The van der Waals surface area contributed by atoms with Gasteiger partial charge in [-0.25, -0.2) is 9.97 Å². The van der Waals surface area contributed by atoms with E-state index in [4.69, 9.17) is 9.97 Å². The van der Waals surface area contributed by atoms with Crippen molar-refractivity contribution in [3.8, 4) is 33.9 Å². The van der Waals surface area contributed by atoms with Crippen LogP contribution in [0.4, 0.5) is 5.69 Å². The highest BCUT2D eigenvalue weighted by Gasteiger charge is 2.46. The third-order valence-corrected chi connectivity index (χ3v) is 8.14. The van der Waals surface area contributed by atoms with Gasteiger partial charge in [-0.1, -0.05) is 72.8 Å². The molecule has 0 radical (unpaired) electrons. The van der Waals surface area contributed by atoms with Gasteiger partial charge in [0, 0.05) is 34.5 Å². The molecule has 4 bridgehead atoms. The lowest BCUT2D eigenvalue weighted by atomic mass is 9.63. The molecule has 168 valence electrons. The summed E-state index contributed by atoms with van der Waals surface area (Å²) in [6, 6.07) is 33.4. The van der Waals surface area contributed by atoms with Crippen LogP contribution in [0.25, 0.3) is 33.9 Å². The van der Waals surface area contributed by atoms with Crippen LogP contribution >= 0.6 is 0 Å². The van der Waals surface area contributed by atoms with E-state index in [-0.39, 0.29) is 0 Å². The van der Waals surface area contributed by atoms with E-state index in [1.54, 1.807) is 0 Å². The molecule has 0 N–H and O–H groups in total. The third-order valence-electron chi connectivity index (χ3n) is 8.14. The van der Waals surface area contributed by atoms with E-state index in [0.717, 1.165) is 45.7 Å². The summed E-state index contributed by atoms with van der Waals surface area (Å²) in [5.41, 5.74) is 6.60. The number of hydrogen-bond donors (Lipinski definition) is 0. The van der Waals surface area contributed by atoms with Gasteiger partial charge in [0.15, 0.2) is 5.82 Å². The SMILES string of the molecule is c1ccc(-c2cc(-c3ccccc3)nc(-c3cccc(N4C5CC6CC(C5)CC4C6)c3)n2)cc1. The first-order valence-corrected chi connectivity index (χ1v) is 12.7. The Morgan fingerprint density at radius 3 is 1.62 bits per heavy atom. The fraction of sp³-hybridized carbons (Fsp3) is 0.290. The Morgan fingerprint density at radius 2 is 1.06 bits per heavy atom. The van der Waals surface area contributed by atoms with Crippen LogP contribution in [0.2, 0.25) is 0 Å². The predicted octanol–water partition coefficient (Wildman–Crippen LogP) is 7.24. The van der Waals surface area contributed by atoms with Crippen LogP contribution in [0.3, 0.4) is 0 Å². The predicted molar refractivity (Wildman–Crippen MR) is 138 cm³/mol. The summed E-state index contributed by atoms with van der Waals surface area (Å²) >= 11 is 0. The van der Waals surface area contributed by atoms with Crippen LogP contribution in [0.15, 0.2) is 91.0 Å². The molecular formula is C31H29N3. The minimum Gasteiger partial charge on any atom is -0.366 e. The summed E-state index contributed by atoms with van der Waals surface area (Å²) in [5.74, 6) is 2.72. The van der Waals surface area contributed by atoms with Crippen molar-refractivity contribution in [3.63, 3.8) is 0 Å². The van der Waals surface area contributed by atoms with E-state index < -0.39 is 0 Å². The van der Waals surface area contributed by atoms with Gasteiger partial charge in [0.05, 0.1) is 11.4 Å². The Labute approximate surface area is 201 Å². The Hall–Kier alpha value is -3.46. The van der Waals surface area contributed by atoms with E-state index in [2.05, 4.69) is 83.8 Å². The summed E-state index contributed by atoms with van der Waals surface area (Å²) in [6.07, 6.45) is 6.96. The molecular weight excluding hydrogens is 414 g/mol. The van der Waals surface area contributed by atoms with Crippen LogP contribution in [-0.2, 0) is 0 Å². The van der Waals surface area contributed by atoms with E-state index >= 15 is 0 Å². The van der Waals surface area contributed by atoms with E-state index in [0.29, 0.717) is 12.1 Å². The average Bonchev–Trinajstić information content (AvgIpc) is 2.89. The lowest BCUT2D eigenvalue weighted by Gasteiger charge is -2.57. The first-order valence-electron chi connectivity index (χ1n) is 12.7. The van der Waals surface area contributed by atoms with E-state index in [9.17, 15) is 0 Å². The topological polar surface area (TPSA) is 29.0 Å². The number of nitrogens with zero attached hydrogens (tertiary/aromatic N) is 3. The quantitative estimate of drug-likeness (QED) is 0.333. The fourth-order valence-electron chi connectivity index (χ4n) is 6.85. The Balaban J connectivity index is 1.31. The first kappa shape index (κ1) is 20.0. The molecule has 4 fully saturated rings. The molecule has 0 unspecified atom stereocenters. The second kappa shape index (κ2) is 8.09. The van der Waals surface area contributed by atoms with Gasteiger partial charge in [0.25, 0.3) is 0 Å². The number of benzene rings is 3. The molecule has 2 aliphatic carbocycles. The summed E-state index contributed by atoms with van der Waals surface area (Å²) < 4.78 is 0. The first-order chi connectivity index (χ1) is 16.8. The lowest BCUT2D eigenvalue weighted by molar-refractivity contribution is 0.0900. The molecule has 2 aliphatic heterocycles. The fourth-order valence-corrected chi connectivity index (χ4v) is 6.85. The zero-order valence-corrected chi connectivity index (χ0v) is 19.3. The standard InChI is InChI=1S/C31H29N3/c1-3-8-23(9-4-1)29-20-30(24-10-5-2-6-11-24)33-31(32-29)25-12-7-13-26(19-25)34-27-15-21-14-22(17-27)18-28(34)16-21/h1-13,19-22,27-28H,14-18H2. The number of piperidine rings is 2. The molecule has 2 saturated carbocycles. The summed E-state index contributed by atoms with van der Waals surface area (Å²) in [7, 11) is 0. The third kappa shape index (κ3) is 3.51. The lowest BCUT2D eigenvalue weighted by Crippen LogP contribution is -2.58. The van der Waals surface area contributed by atoms with Gasteiger partial charge in [-0.3, -0.25) is 0 Å². The van der Waals surface area contributed by atoms with Crippen LogP contribution in [0, 0.1) is 11.8 Å². The second-order valence-corrected chi connectivity index (χ2v) is 10.4. The average molecular weight is 444 g/mol. The maximum absolute atomic E-state index is 5.05. The van der Waals surface area contributed by atoms with Crippen LogP contribution in [0.5, 0.6) is 0 Å². The monoisotopic (exact) mass is 443 g/mol. The molecule has 4 aliphatic rings. The molecule has 0 atom stereocenters. The van der Waals surface area contributed by atoms with Crippen molar-refractivity contribution in [1.29, 1.82) is 0 Å². The highest BCUT2D eigenvalue weighted by Crippen LogP contribution is 2.50. The highest BCUT2D eigenvalue weighted by atomic mass is 15.2. The van der Waals surface area contributed by atoms with E-state index in [1.165, 1.54) is 37.8 Å². The molecule has 1 aromatic heterocycles. The number of rotatable bonds is 4. The number of aromatic nitrogens is 2. The highest BCUT2D eigenvalue weighted by molar-refractivity contribution is 5.73. The number of anilines is 1. The molecule has 0 amide bonds. The molecule has 0 spiro atoms. The maximum atomic E-state index is 5.05. The maximum Gasteiger partial charge on any atom is 0.160 e. The van der Waals surface area contributed by atoms with Gasteiger partial charge in [-0.15, -0.1) is 0 Å². The van der Waals surface area contributed by atoms with Gasteiger partial charge >= 0.3 is 0 Å². The minimum absolute atomic E-state index is 0.711. The molecule has 4 aromatic rings. The molecule has 3 heteroatoms. The largest absolute Gasteiger partial charge is 0.366 e. The normalized spacial score (nSPS) is 25.0. The van der Waals surface area contributed by atoms with Gasteiger partial charge in [0.1, 0.15) is 0 Å². The smallest absolute Gasteiger partial charge is 0.160 e. The van der Waals surface area contributed by atoms with Gasteiger partial charge in [-0.05, 0) is 62.1 Å². The van der Waals surface area contributed by atoms with Crippen molar-refractivity contribution >= 4 is 5.69 Å². The molecule has 3 nitrogen and oxygen atoms in total. The molecule has 34 heavy (non-hydrogen) atoms. The molecule has 8 rings (SSSR count). The zero-order chi connectivity index (χ0) is 22.5. The Kier molecular flexibility index (Phi) is 4.75. The van der Waals surface area contributed by atoms with Gasteiger partial charge < -0.3 is 4.90 Å². The summed E-state index contributed by atoms with van der Waals surface area (Å²) in [5, 5.41) is 0. The van der Waals surface area contributed by atoms with Gasteiger partial charge in [0.2, 0.25) is 0 Å². The van der Waals surface area contributed by atoms with Gasteiger partial charge in [-0.2, -0.15) is 0 Å². The second-order valence-electron chi connectivity index (χ2n) is 10.4. The molecule has 2 saturated heterocycles. The summed E-state index contributed by atoms with van der Waals surface area (Å²) in [4.78, 5) is 12.8. The van der Waals surface area contributed by atoms with Crippen molar-refractivity contribution in [2.45, 2.75) is 44.2 Å². The van der Waals surface area contributed by atoms with Crippen molar-refractivity contribution in [3.05, 3.63) is 91.0 Å².